The van der Waals surface area contributed by atoms with Crippen LogP contribution in [-0.2, 0) is 6.54 Å². The molecule has 22 heavy (non-hydrogen) atoms. The van der Waals surface area contributed by atoms with E-state index in [2.05, 4.69) is 36.1 Å². The Hall–Kier alpha value is -1.84. The van der Waals surface area contributed by atoms with Gasteiger partial charge < -0.3 is 9.84 Å². The van der Waals surface area contributed by atoms with E-state index in [-0.39, 0.29) is 6.04 Å². The number of para-hydroxylation sites is 1. The average Bonchev–Trinajstić information content (AvgIpc) is 2.55. The number of rotatable bonds is 4. The lowest BCUT2D eigenvalue weighted by Gasteiger charge is -2.38. The molecule has 1 aliphatic heterocycles. The molecule has 1 aliphatic rings. The van der Waals surface area contributed by atoms with Gasteiger partial charge in [-0.25, -0.2) is 0 Å². The first-order chi connectivity index (χ1) is 10.7. The summed E-state index contributed by atoms with van der Waals surface area (Å²) in [6, 6.07) is 16.3. The fourth-order valence-corrected chi connectivity index (χ4v) is 3.16. The molecule has 2 unspecified atom stereocenters. The van der Waals surface area contributed by atoms with Crippen molar-refractivity contribution in [3.63, 3.8) is 0 Å². The molecule has 2 aromatic carbocycles. The van der Waals surface area contributed by atoms with E-state index in [0.717, 1.165) is 30.0 Å². The molecule has 1 heterocycles. The number of ether oxygens (including phenoxy) is 1. The molecule has 0 aromatic heterocycles. The van der Waals surface area contributed by atoms with Crippen LogP contribution < -0.4 is 4.74 Å². The van der Waals surface area contributed by atoms with Gasteiger partial charge in [-0.15, -0.1) is 0 Å². The van der Waals surface area contributed by atoms with Crippen LogP contribution >= 0.6 is 0 Å². The summed E-state index contributed by atoms with van der Waals surface area (Å²) in [5, 5.41) is 10.8. The Kier molecular flexibility index (Phi) is 4.46. The molecule has 2 aromatic rings. The Morgan fingerprint density at radius 2 is 1.91 bits per heavy atom. The van der Waals surface area contributed by atoms with Crippen molar-refractivity contribution in [2.75, 3.05) is 13.2 Å². The second kappa shape index (κ2) is 6.51. The summed E-state index contributed by atoms with van der Waals surface area (Å²) in [6.45, 7) is 6.37. The quantitative estimate of drug-likeness (QED) is 0.940. The first kappa shape index (κ1) is 15.1. The normalized spacial score (nSPS) is 20.5. The van der Waals surface area contributed by atoms with Crippen molar-refractivity contribution in [3.05, 3.63) is 65.2 Å². The van der Waals surface area contributed by atoms with Gasteiger partial charge in [0.05, 0.1) is 6.04 Å². The number of hydrogen-bond acceptors (Lipinski definition) is 3. The van der Waals surface area contributed by atoms with Gasteiger partial charge in [0.2, 0.25) is 0 Å². The molecule has 0 saturated carbocycles. The molecular formula is C19H23NO2. The molecule has 0 aliphatic carbocycles. The maximum Gasteiger partial charge on any atom is 0.128 e. The Balaban J connectivity index is 1.82. The lowest BCUT2D eigenvalue weighted by molar-refractivity contribution is 0.00152. The van der Waals surface area contributed by atoms with Crippen molar-refractivity contribution in [3.8, 4) is 5.75 Å². The summed E-state index contributed by atoms with van der Waals surface area (Å²) >= 11 is 0. The minimum atomic E-state index is -0.507. The largest absolute Gasteiger partial charge is 0.491 e. The minimum Gasteiger partial charge on any atom is -0.491 e. The predicted octanol–water partition coefficient (Wildman–Crippen LogP) is 3.31. The van der Waals surface area contributed by atoms with Gasteiger partial charge in [-0.3, -0.25) is 4.90 Å². The van der Waals surface area contributed by atoms with Crippen molar-refractivity contribution >= 4 is 0 Å². The van der Waals surface area contributed by atoms with E-state index in [1.54, 1.807) is 0 Å². The number of fused-ring (bicyclic) bond motifs is 1. The van der Waals surface area contributed by atoms with Crippen molar-refractivity contribution in [1.29, 1.82) is 0 Å². The molecule has 3 rings (SSSR count). The Bertz CT molecular complexity index is 627. The fourth-order valence-electron chi connectivity index (χ4n) is 3.16. The summed E-state index contributed by atoms with van der Waals surface area (Å²) in [6.07, 6.45) is -0.507. The fraction of sp³-hybridized carbons (Fsp3) is 0.368. The molecule has 0 bridgehead atoms. The Labute approximate surface area is 132 Å². The SMILES string of the molecule is CCN(Cc1ccccc1)C1COc2c(C)cccc2C1O. The third kappa shape index (κ3) is 2.87. The van der Waals surface area contributed by atoms with Gasteiger partial charge in [0.15, 0.2) is 0 Å². The smallest absolute Gasteiger partial charge is 0.128 e. The van der Waals surface area contributed by atoms with E-state index in [1.165, 1.54) is 5.56 Å². The predicted molar refractivity (Wildman–Crippen MR) is 87.9 cm³/mol. The molecule has 3 heteroatoms. The molecule has 0 amide bonds. The third-order valence-electron chi connectivity index (χ3n) is 4.43. The highest BCUT2D eigenvalue weighted by Crippen LogP contribution is 2.36. The maximum absolute atomic E-state index is 10.8. The molecule has 0 radical (unpaired) electrons. The van der Waals surface area contributed by atoms with Gasteiger partial charge in [-0.1, -0.05) is 55.5 Å². The van der Waals surface area contributed by atoms with Gasteiger partial charge in [0.1, 0.15) is 18.5 Å². The number of nitrogens with zero attached hydrogens (tertiary/aromatic N) is 1. The van der Waals surface area contributed by atoms with Crippen LogP contribution in [0.25, 0.3) is 0 Å². The van der Waals surface area contributed by atoms with Gasteiger partial charge in [-0.2, -0.15) is 0 Å². The van der Waals surface area contributed by atoms with Crippen LogP contribution in [0, 0.1) is 6.92 Å². The van der Waals surface area contributed by atoms with Gasteiger partial charge in [-0.05, 0) is 24.6 Å². The number of aliphatic hydroxyl groups is 1. The monoisotopic (exact) mass is 297 g/mol. The van der Waals surface area contributed by atoms with Crippen LogP contribution in [0.4, 0.5) is 0 Å². The summed E-state index contributed by atoms with van der Waals surface area (Å²) in [7, 11) is 0. The molecule has 2 atom stereocenters. The van der Waals surface area contributed by atoms with E-state index in [4.69, 9.17) is 4.74 Å². The van der Waals surface area contributed by atoms with Crippen LogP contribution in [0.5, 0.6) is 5.75 Å². The lowest BCUT2D eigenvalue weighted by atomic mass is 9.95. The van der Waals surface area contributed by atoms with E-state index >= 15 is 0 Å². The Morgan fingerprint density at radius 1 is 1.14 bits per heavy atom. The third-order valence-corrected chi connectivity index (χ3v) is 4.43. The second-order valence-corrected chi connectivity index (χ2v) is 5.87. The van der Waals surface area contributed by atoms with E-state index < -0.39 is 6.10 Å². The van der Waals surface area contributed by atoms with Crippen LogP contribution in [0.2, 0.25) is 0 Å². The van der Waals surface area contributed by atoms with Crippen molar-refractivity contribution in [2.24, 2.45) is 0 Å². The second-order valence-electron chi connectivity index (χ2n) is 5.87. The number of aryl methyl sites for hydroxylation is 1. The highest BCUT2D eigenvalue weighted by molar-refractivity contribution is 5.44. The van der Waals surface area contributed by atoms with Crippen LogP contribution in [-0.4, -0.2) is 29.2 Å². The van der Waals surface area contributed by atoms with Gasteiger partial charge in [0, 0.05) is 12.1 Å². The number of likely N-dealkylation sites (N-methyl/N-ethyl adjacent to an activating group) is 1. The van der Waals surface area contributed by atoms with Gasteiger partial charge >= 0.3 is 0 Å². The summed E-state index contributed by atoms with van der Waals surface area (Å²) in [5.41, 5.74) is 3.25. The molecular weight excluding hydrogens is 274 g/mol. The van der Waals surface area contributed by atoms with Crippen LogP contribution in [0.15, 0.2) is 48.5 Å². The molecule has 116 valence electrons. The molecule has 3 nitrogen and oxygen atoms in total. The van der Waals surface area contributed by atoms with Crippen molar-refractivity contribution < 1.29 is 9.84 Å². The van der Waals surface area contributed by atoms with Gasteiger partial charge in [0.25, 0.3) is 0 Å². The molecule has 0 spiro atoms. The highest BCUT2D eigenvalue weighted by atomic mass is 16.5. The highest BCUT2D eigenvalue weighted by Gasteiger charge is 2.33. The van der Waals surface area contributed by atoms with Crippen molar-refractivity contribution in [2.45, 2.75) is 32.5 Å². The lowest BCUT2D eigenvalue weighted by Crippen LogP contribution is -2.45. The zero-order valence-electron chi connectivity index (χ0n) is 13.2. The molecule has 0 saturated heterocycles. The molecule has 0 fully saturated rings. The average molecular weight is 297 g/mol. The topological polar surface area (TPSA) is 32.7 Å². The zero-order valence-corrected chi connectivity index (χ0v) is 13.2. The maximum atomic E-state index is 10.8. The zero-order chi connectivity index (χ0) is 15.5. The first-order valence-corrected chi connectivity index (χ1v) is 7.89. The van der Waals surface area contributed by atoms with E-state index in [9.17, 15) is 5.11 Å². The number of hydrogen-bond donors (Lipinski definition) is 1. The molecule has 1 N–H and O–H groups in total. The van der Waals surface area contributed by atoms with Crippen LogP contribution in [0.1, 0.15) is 29.7 Å². The number of aliphatic hydroxyl groups excluding tert-OH is 1. The van der Waals surface area contributed by atoms with Crippen LogP contribution in [0.3, 0.4) is 0 Å². The summed E-state index contributed by atoms with van der Waals surface area (Å²) in [5.74, 6) is 0.849. The first-order valence-electron chi connectivity index (χ1n) is 7.89. The summed E-state index contributed by atoms with van der Waals surface area (Å²) < 4.78 is 5.96. The minimum absolute atomic E-state index is 0.0143. The Morgan fingerprint density at radius 3 is 2.64 bits per heavy atom. The summed E-state index contributed by atoms with van der Waals surface area (Å²) in [4.78, 5) is 2.28. The van der Waals surface area contributed by atoms with Crippen molar-refractivity contribution in [1.82, 2.24) is 4.90 Å². The van der Waals surface area contributed by atoms with E-state index in [0.29, 0.717) is 6.61 Å². The standard InChI is InChI=1S/C19H23NO2/c1-3-20(12-15-9-5-4-6-10-15)17-13-22-19-14(2)8-7-11-16(19)18(17)21/h4-11,17-18,21H,3,12-13H2,1-2H3. The number of benzene rings is 2. The van der Waals surface area contributed by atoms with E-state index in [1.807, 2.05) is 31.2 Å².